The molecule has 0 aromatic carbocycles. The van der Waals surface area contributed by atoms with Crippen LogP contribution in [0.15, 0.2) is 97.2 Å². The van der Waals surface area contributed by atoms with Gasteiger partial charge in [-0.1, -0.05) is 169 Å². The molecule has 0 radical (unpaired) electrons. The first kappa shape index (κ1) is 60.2. The van der Waals surface area contributed by atoms with E-state index in [2.05, 4.69) is 111 Å². The zero-order valence-corrected chi connectivity index (χ0v) is 41.4. The molecule has 0 N–H and O–H groups in total. The van der Waals surface area contributed by atoms with Gasteiger partial charge < -0.3 is 28.6 Å². The first-order valence-corrected chi connectivity index (χ1v) is 25.3. The average molecular weight is 892 g/mol. The molecule has 0 heterocycles. The lowest BCUT2D eigenvalue weighted by Gasteiger charge is -2.34. The summed E-state index contributed by atoms with van der Waals surface area (Å²) >= 11 is 0. The van der Waals surface area contributed by atoms with Gasteiger partial charge in [-0.2, -0.15) is 0 Å². The molecule has 364 valence electrons. The smallest absolute Gasteiger partial charge is 0.306 e. The summed E-state index contributed by atoms with van der Waals surface area (Å²) in [5.41, 5.74) is 0. The minimum atomic E-state index is -1.13. The van der Waals surface area contributed by atoms with E-state index >= 15 is 0 Å². The maximum Gasteiger partial charge on any atom is 0.306 e. The lowest BCUT2D eigenvalue weighted by molar-refractivity contribution is -0.889. The van der Waals surface area contributed by atoms with Crippen molar-refractivity contribution in [1.29, 1.82) is 0 Å². The highest BCUT2D eigenvalue weighted by atomic mass is 16.6. The fourth-order valence-electron chi connectivity index (χ4n) is 6.81. The second kappa shape index (κ2) is 45.8. The topological polar surface area (TPSA) is 102 Å². The Bertz CT molecular complexity index is 1360. The molecule has 2 unspecified atom stereocenters. The fraction of sp³-hybridized carbons (Fsp3) is 0.661. The molecule has 0 fully saturated rings. The van der Waals surface area contributed by atoms with Gasteiger partial charge in [0.05, 0.1) is 40.3 Å². The molecular formula is C56H93NO7. The summed E-state index contributed by atoms with van der Waals surface area (Å²) in [5, 5.41) is 11.7. The Labute approximate surface area is 392 Å². The maximum absolute atomic E-state index is 12.8. The van der Waals surface area contributed by atoms with E-state index in [1.165, 1.54) is 38.5 Å². The van der Waals surface area contributed by atoms with E-state index in [0.29, 0.717) is 12.8 Å². The predicted octanol–water partition coefficient (Wildman–Crippen LogP) is 13.3. The van der Waals surface area contributed by atoms with Crippen LogP contribution in [0.2, 0.25) is 0 Å². The van der Waals surface area contributed by atoms with Crippen molar-refractivity contribution in [2.24, 2.45) is 0 Å². The molecule has 0 spiro atoms. The Hall–Kier alpha value is -3.75. The van der Waals surface area contributed by atoms with Gasteiger partial charge in [0.25, 0.3) is 0 Å². The zero-order chi connectivity index (χ0) is 47.0. The van der Waals surface area contributed by atoms with Gasteiger partial charge in [-0.15, -0.1) is 0 Å². The van der Waals surface area contributed by atoms with Gasteiger partial charge >= 0.3 is 11.9 Å². The van der Waals surface area contributed by atoms with Crippen molar-refractivity contribution in [2.45, 2.75) is 199 Å². The predicted molar refractivity (Wildman–Crippen MR) is 268 cm³/mol. The Morgan fingerprint density at radius 1 is 0.484 bits per heavy atom. The van der Waals surface area contributed by atoms with Crippen molar-refractivity contribution in [3.63, 3.8) is 0 Å². The lowest BCUT2D eigenvalue weighted by Crippen LogP contribution is -2.55. The largest absolute Gasteiger partial charge is 0.544 e. The Kier molecular flexibility index (Phi) is 43.1. The summed E-state index contributed by atoms with van der Waals surface area (Å²) in [5.74, 6) is -1.79. The number of allylic oxidation sites excluding steroid dienone is 16. The quantitative estimate of drug-likeness (QED) is 0.0260. The number of aliphatic carboxylic acids is 1. The van der Waals surface area contributed by atoms with Gasteiger partial charge in [0.15, 0.2) is 6.10 Å². The van der Waals surface area contributed by atoms with Crippen molar-refractivity contribution in [2.75, 3.05) is 41.0 Å². The average Bonchev–Trinajstić information content (AvgIpc) is 3.26. The third-order valence-electron chi connectivity index (χ3n) is 10.7. The van der Waals surface area contributed by atoms with Crippen LogP contribution in [0.4, 0.5) is 0 Å². The molecule has 0 saturated carbocycles. The molecule has 0 rings (SSSR count). The molecule has 64 heavy (non-hydrogen) atoms. The summed E-state index contributed by atoms with van der Waals surface area (Å²) in [4.78, 5) is 37.0. The molecule has 0 bridgehead atoms. The van der Waals surface area contributed by atoms with Crippen molar-refractivity contribution in [1.82, 2.24) is 0 Å². The maximum atomic E-state index is 12.8. The fourth-order valence-corrected chi connectivity index (χ4v) is 6.81. The van der Waals surface area contributed by atoms with Crippen LogP contribution >= 0.6 is 0 Å². The van der Waals surface area contributed by atoms with Crippen LogP contribution in [-0.4, -0.2) is 75.5 Å². The molecule has 8 nitrogen and oxygen atoms in total. The van der Waals surface area contributed by atoms with Crippen molar-refractivity contribution in [3.8, 4) is 0 Å². The minimum absolute atomic E-state index is 0.0225. The minimum Gasteiger partial charge on any atom is -0.544 e. The standard InChI is InChI=1S/C56H93NO7/c1-6-8-10-12-14-16-18-20-22-24-26-27-29-30-32-34-36-38-40-42-44-46-54(58)63-51-52(50-62-49-48-53(56(60)61)57(3,4)5)64-55(59)47-45-43-41-39-37-35-33-31-28-25-23-21-19-17-15-13-11-9-7-2/h9,11,14-17,20-23,26-28,30-32,52-53H,6-8,10,12-13,18-19,24-25,29,33-51H2,1-5H3/b11-9+,16-14+,17-15+,22-20+,23-21+,27-26+,31-28+,32-30+. The van der Waals surface area contributed by atoms with E-state index in [9.17, 15) is 19.5 Å². The van der Waals surface area contributed by atoms with Gasteiger partial charge in [-0.05, 0) is 96.3 Å². The number of hydrogen-bond donors (Lipinski definition) is 0. The highest BCUT2D eigenvalue weighted by molar-refractivity contribution is 5.70. The molecule has 0 aliphatic carbocycles. The van der Waals surface area contributed by atoms with Crippen LogP contribution in [0.3, 0.4) is 0 Å². The third-order valence-corrected chi connectivity index (χ3v) is 10.7. The Morgan fingerprint density at radius 2 is 0.875 bits per heavy atom. The molecule has 0 saturated heterocycles. The summed E-state index contributed by atoms with van der Waals surface area (Å²) in [6.07, 6.45) is 61.4. The van der Waals surface area contributed by atoms with Crippen LogP contribution in [-0.2, 0) is 28.6 Å². The molecule has 0 aromatic rings. The van der Waals surface area contributed by atoms with Crippen LogP contribution < -0.4 is 5.11 Å². The zero-order valence-electron chi connectivity index (χ0n) is 41.4. The number of nitrogens with zero attached hydrogens (tertiary/aromatic N) is 1. The Morgan fingerprint density at radius 3 is 1.30 bits per heavy atom. The summed E-state index contributed by atoms with van der Waals surface area (Å²) < 4.78 is 17.2. The number of likely N-dealkylation sites (N-methyl/N-ethyl adjacent to an activating group) is 1. The number of carboxylic acids is 1. The van der Waals surface area contributed by atoms with Gasteiger partial charge in [-0.3, -0.25) is 9.59 Å². The van der Waals surface area contributed by atoms with Gasteiger partial charge in [-0.25, -0.2) is 0 Å². The summed E-state index contributed by atoms with van der Waals surface area (Å²) in [6.45, 7) is 4.48. The van der Waals surface area contributed by atoms with Crippen LogP contribution in [0, 0.1) is 0 Å². The van der Waals surface area contributed by atoms with Crippen molar-refractivity contribution >= 4 is 17.9 Å². The first-order chi connectivity index (χ1) is 31.1. The Balaban J connectivity index is 4.35. The molecule has 2 atom stereocenters. The SMILES string of the molecule is CC/C=C/C/C=C/C/C=C/C/C=C/CCCCCCCCC(=O)OC(COCCC(C(=O)[O-])[N+](C)(C)C)COC(=O)CCCCCCC/C=C/C/C=C/C/C=C/C/C=C/CCCCC. The van der Waals surface area contributed by atoms with E-state index in [4.69, 9.17) is 14.2 Å². The summed E-state index contributed by atoms with van der Waals surface area (Å²) in [6, 6.07) is -0.738. The molecule has 0 amide bonds. The number of carbonyl (C=O) groups is 3. The molecular weight excluding hydrogens is 799 g/mol. The number of carboxylic acid groups (broad SMARTS) is 1. The number of quaternary nitrogens is 1. The molecule has 0 aliphatic rings. The number of unbranched alkanes of at least 4 members (excludes halogenated alkanes) is 14. The molecule has 0 aromatic heterocycles. The number of hydrogen-bond acceptors (Lipinski definition) is 7. The van der Waals surface area contributed by atoms with E-state index in [1.54, 1.807) is 21.1 Å². The van der Waals surface area contributed by atoms with Crippen LogP contribution in [0.5, 0.6) is 0 Å². The third kappa shape index (κ3) is 43.5. The number of esters is 2. The number of carbonyl (C=O) groups excluding carboxylic acids is 3. The van der Waals surface area contributed by atoms with Gasteiger partial charge in [0.1, 0.15) is 12.6 Å². The number of ether oxygens (including phenoxy) is 3. The van der Waals surface area contributed by atoms with E-state index < -0.39 is 18.1 Å². The molecule has 8 heteroatoms. The monoisotopic (exact) mass is 892 g/mol. The van der Waals surface area contributed by atoms with E-state index in [1.807, 2.05) is 0 Å². The second-order valence-corrected chi connectivity index (χ2v) is 17.7. The second-order valence-electron chi connectivity index (χ2n) is 17.7. The summed E-state index contributed by atoms with van der Waals surface area (Å²) in [7, 11) is 5.39. The van der Waals surface area contributed by atoms with Gasteiger partial charge in [0, 0.05) is 19.3 Å². The van der Waals surface area contributed by atoms with Gasteiger partial charge in [0.2, 0.25) is 0 Å². The van der Waals surface area contributed by atoms with Crippen LogP contribution in [0.1, 0.15) is 187 Å². The molecule has 0 aliphatic heterocycles. The highest BCUT2D eigenvalue weighted by Crippen LogP contribution is 2.13. The highest BCUT2D eigenvalue weighted by Gasteiger charge is 2.25. The normalized spacial score (nSPS) is 13.7. The van der Waals surface area contributed by atoms with Crippen molar-refractivity contribution in [3.05, 3.63) is 97.2 Å². The number of rotatable bonds is 44. The lowest BCUT2D eigenvalue weighted by atomic mass is 10.1. The van der Waals surface area contributed by atoms with E-state index in [0.717, 1.165) is 116 Å². The van der Waals surface area contributed by atoms with E-state index in [-0.39, 0.29) is 42.7 Å². The van der Waals surface area contributed by atoms with Crippen LogP contribution in [0.25, 0.3) is 0 Å². The first-order valence-electron chi connectivity index (χ1n) is 25.3. The van der Waals surface area contributed by atoms with Crippen molar-refractivity contribution < 1.29 is 38.2 Å².